The van der Waals surface area contributed by atoms with Crippen molar-refractivity contribution in [3.05, 3.63) is 16.6 Å². The minimum absolute atomic E-state index is 0.118. The third-order valence-electron chi connectivity index (χ3n) is 2.03. The Morgan fingerprint density at radius 1 is 1.79 bits per heavy atom. The molecule has 3 N–H and O–H groups in total. The highest BCUT2D eigenvalue weighted by Crippen LogP contribution is 2.09. The van der Waals surface area contributed by atoms with Gasteiger partial charge < -0.3 is 10.6 Å². The summed E-state index contributed by atoms with van der Waals surface area (Å²) in [5.41, 5.74) is 7.24. The average Bonchev–Trinajstić information content (AvgIpc) is 2.56. The Labute approximate surface area is 88.3 Å². The molecule has 78 valence electrons. The molecule has 0 saturated carbocycles. The Balaban J connectivity index is 2.36. The molecule has 0 aromatic carbocycles. The van der Waals surface area contributed by atoms with Crippen LogP contribution in [-0.2, 0) is 6.54 Å². The molecule has 0 radical (unpaired) electrons. The van der Waals surface area contributed by atoms with Crippen LogP contribution in [0.2, 0.25) is 0 Å². The first kappa shape index (κ1) is 11.1. The van der Waals surface area contributed by atoms with Gasteiger partial charge in [0.2, 0.25) is 0 Å². The molecule has 0 amide bonds. The van der Waals surface area contributed by atoms with E-state index in [1.807, 2.05) is 25.7 Å². The van der Waals surface area contributed by atoms with Crippen molar-refractivity contribution in [3.63, 3.8) is 0 Å². The van der Waals surface area contributed by atoms with Gasteiger partial charge in [-0.05, 0) is 7.05 Å². The number of nitrogens with two attached hydrogens (primary N) is 1. The maximum atomic E-state index is 7.28. The van der Waals surface area contributed by atoms with Crippen molar-refractivity contribution in [2.75, 3.05) is 13.6 Å². The number of thiazole rings is 1. The lowest BCUT2D eigenvalue weighted by molar-refractivity contribution is 0.308. The molecule has 1 aromatic rings. The van der Waals surface area contributed by atoms with E-state index in [1.54, 1.807) is 11.3 Å². The van der Waals surface area contributed by atoms with E-state index >= 15 is 0 Å². The van der Waals surface area contributed by atoms with E-state index in [4.69, 9.17) is 11.1 Å². The fourth-order valence-electron chi connectivity index (χ4n) is 1.22. The Hall–Kier alpha value is -0.940. The molecule has 0 fully saturated rings. The van der Waals surface area contributed by atoms with Crippen LogP contribution >= 0.6 is 11.3 Å². The molecule has 0 aliphatic heterocycles. The summed E-state index contributed by atoms with van der Waals surface area (Å²) in [7, 11) is 2.03. The van der Waals surface area contributed by atoms with Gasteiger partial charge in [-0.25, -0.2) is 0 Å². The number of hydrogen-bond acceptors (Lipinski definition) is 4. The molecular weight excluding hydrogens is 196 g/mol. The Morgan fingerprint density at radius 2 is 2.50 bits per heavy atom. The van der Waals surface area contributed by atoms with E-state index in [0.29, 0.717) is 0 Å². The van der Waals surface area contributed by atoms with Crippen molar-refractivity contribution < 1.29 is 0 Å². The van der Waals surface area contributed by atoms with Gasteiger partial charge in [0.05, 0.1) is 11.3 Å². The van der Waals surface area contributed by atoms with Gasteiger partial charge in [0.15, 0.2) is 0 Å². The molecular formula is C9H16N4S. The van der Waals surface area contributed by atoms with Crippen LogP contribution in [0.3, 0.4) is 0 Å². The third-order valence-corrected chi connectivity index (χ3v) is 2.79. The second-order valence-electron chi connectivity index (χ2n) is 3.52. The molecule has 0 bridgehead atoms. The second kappa shape index (κ2) is 5.07. The van der Waals surface area contributed by atoms with Gasteiger partial charge in [0.25, 0.3) is 0 Å². The minimum Gasteiger partial charge on any atom is -0.387 e. The van der Waals surface area contributed by atoms with Crippen LogP contribution in [0.25, 0.3) is 0 Å². The summed E-state index contributed by atoms with van der Waals surface area (Å²) in [6.07, 6.45) is 1.87. The van der Waals surface area contributed by atoms with Gasteiger partial charge in [0.1, 0.15) is 0 Å². The number of aromatic nitrogens is 1. The number of nitrogens with one attached hydrogen (secondary N) is 1. The Kier molecular flexibility index (Phi) is 4.03. The van der Waals surface area contributed by atoms with Crippen molar-refractivity contribution in [2.24, 2.45) is 11.7 Å². The standard InChI is InChI=1S/C9H16N4S/c1-7(9(10)11)4-13(2)5-8-3-12-6-14-8/h3,6-7H,4-5H2,1-2H3,(H3,10,11). The van der Waals surface area contributed by atoms with Crippen molar-refractivity contribution >= 4 is 17.2 Å². The first-order valence-corrected chi connectivity index (χ1v) is 5.37. The van der Waals surface area contributed by atoms with Crippen LogP contribution in [0.15, 0.2) is 11.7 Å². The second-order valence-corrected chi connectivity index (χ2v) is 4.49. The summed E-state index contributed by atoms with van der Waals surface area (Å²) < 4.78 is 0. The zero-order valence-electron chi connectivity index (χ0n) is 8.53. The first-order chi connectivity index (χ1) is 6.59. The van der Waals surface area contributed by atoms with Crippen LogP contribution in [0.4, 0.5) is 0 Å². The third kappa shape index (κ3) is 3.43. The highest BCUT2D eigenvalue weighted by molar-refractivity contribution is 7.09. The maximum absolute atomic E-state index is 7.28. The fourth-order valence-corrected chi connectivity index (χ4v) is 1.89. The van der Waals surface area contributed by atoms with Crippen molar-refractivity contribution in [1.82, 2.24) is 9.88 Å². The van der Waals surface area contributed by atoms with Crippen molar-refractivity contribution in [3.8, 4) is 0 Å². The highest BCUT2D eigenvalue weighted by atomic mass is 32.1. The summed E-state index contributed by atoms with van der Waals surface area (Å²) in [6, 6.07) is 0. The SMILES string of the molecule is CC(CN(C)Cc1cncs1)C(=N)N. The Bertz CT molecular complexity index is 283. The zero-order valence-corrected chi connectivity index (χ0v) is 9.34. The topological polar surface area (TPSA) is 66.0 Å². The molecule has 1 rings (SSSR count). The summed E-state index contributed by atoms with van der Waals surface area (Å²) in [4.78, 5) is 7.41. The Morgan fingerprint density at radius 3 is 3.00 bits per heavy atom. The molecule has 5 heteroatoms. The maximum Gasteiger partial charge on any atom is 0.0947 e. The number of amidine groups is 1. The number of rotatable bonds is 5. The zero-order chi connectivity index (χ0) is 10.6. The minimum atomic E-state index is 0.118. The lowest BCUT2D eigenvalue weighted by Crippen LogP contribution is -2.31. The van der Waals surface area contributed by atoms with Gasteiger partial charge in [-0.2, -0.15) is 0 Å². The summed E-state index contributed by atoms with van der Waals surface area (Å²) >= 11 is 1.65. The van der Waals surface area contributed by atoms with Crippen molar-refractivity contribution in [2.45, 2.75) is 13.5 Å². The van der Waals surface area contributed by atoms with Crippen molar-refractivity contribution in [1.29, 1.82) is 5.41 Å². The quantitative estimate of drug-likeness (QED) is 0.568. The van der Waals surface area contributed by atoms with E-state index in [1.165, 1.54) is 4.88 Å². The lowest BCUT2D eigenvalue weighted by atomic mass is 10.1. The molecule has 0 aliphatic rings. The van der Waals surface area contributed by atoms with E-state index < -0.39 is 0 Å². The van der Waals surface area contributed by atoms with E-state index in [9.17, 15) is 0 Å². The average molecular weight is 212 g/mol. The fraction of sp³-hybridized carbons (Fsp3) is 0.556. The predicted molar refractivity (Wildman–Crippen MR) is 59.5 cm³/mol. The van der Waals surface area contributed by atoms with Gasteiger partial charge in [0, 0.05) is 30.1 Å². The molecule has 1 unspecified atom stereocenters. The van der Waals surface area contributed by atoms with E-state index in [0.717, 1.165) is 13.1 Å². The molecule has 4 nitrogen and oxygen atoms in total. The van der Waals surface area contributed by atoms with Gasteiger partial charge in [-0.3, -0.25) is 10.4 Å². The van der Waals surface area contributed by atoms with Gasteiger partial charge >= 0.3 is 0 Å². The molecule has 0 aliphatic carbocycles. The first-order valence-electron chi connectivity index (χ1n) is 4.49. The molecule has 0 saturated heterocycles. The molecule has 14 heavy (non-hydrogen) atoms. The van der Waals surface area contributed by atoms with Crippen LogP contribution in [0.5, 0.6) is 0 Å². The molecule has 1 heterocycles. The van der Waals surface area contributed by atoms with E-state index in [-0.39, 0.29) is 11.8 Å². The number of hydrogen-bond donors (Lipinski definition) is 2. The van der Waals surface area contributed by atoms with Crippen LogP contribution < -0.4 is 5.73 Å². The van der Waals surface area contributed by atoms with E-state index in [2.05, 4.69) is 9.88 Å². The highest BCUT2D eigenvalue weighted by Gasteiger charge is 2.09. The molecule has 1 atom stereocenters. The normalized spacial score (nSPS) is 13.1. The summed E-state index contributed by atoms with van der Waals surface area (Å²) in [5, 5.41) is 7.28. The largest absolute Gasteiger partial charge is 0.387 e. The van der Waals surface area contributed by atoms with Crippen LogP contribution in [0.1, 0.15) is 11.8 Å². The monoisotopic (exact) mass is 212 g/mol. The smallest absolute Gasteiger partial charge is 0.0947 e. The molecule has 0 spiro atoms. The summed E-state index contributed by atoms with van der Waals surface area (Å²) in [5.74, 6) is 0.370. The van der Waals surface area contributed by atoms with Crippen LogP contribution in [0, 0.1) is 11.3 Å². The van der Waals surface area contributed by atoms with Crippen LogP contribution in [-0.4, -0.2) is 29.3 Å². The predicted octanol–water partition coefficient (Wildman–Crippen LogP) is 1.15. The summed E-state index contributed by atoms with van der Waals surface area (Å²) in [6.45, 7) is 3.65. The molecule has 1 aromatic heterocycles. The lowest BCUT2D eigenvalue weighted by Gasteiger charge is -2.19. The van der Waals surface area contributed by atoms with Gasteiger partial charge in [-0.1, -0.05) is 6.92 Å². The number of nitrogens with zero attached hydrogens (tertiary/aromatic N) is 2. The van der Waals surface area contributed by atoms with Gasteiger partial charge in [-0.15, -0.1) is 11.3 Å².